The van der Waals surface area contributed by atoms with E-state index in [1.807, 2.05) is 22.4 Å². The van der Waals surface area contributed by atoms with Crippen molar-refractivity contribution in [1.29, 1.82) is 0 Å². The third-order valence-electron chi connectivity index (χ3n) is 5.93. The van der Waals surface area contributed by atoms with Crippen molar-refractivity contribution in [3.05, 3.63) is 62.3 Å². The van der Waals surface area contributed by atoms with E-state index in [4.69, 9.17) is 8.94 Å². The van der Waals surface area contributed by atoms with Crippen LogP contribution >= 0.6 is 11.3 Å². The zero-order valence-corrected chi connectivity index (χ0v) is 19.5. The molecule has 4 aromatic rings. The quantitative estimate of drug-likeness (QED) is 0.265. The van der Waals surface area contributed by atoms with E-state index in [1.165, 1.54) is 22.8 Å². The summed E-state index contributed by atoms with van der Waals surface area (Å²) in [4.78, 5) is 44.6. The number of hydrogen-bond acceptors (Lipinski definition) is 10. The Bertz CT molecular complexity index is 1400. The van der Waals surface area contributed by atoms with Crippen LogP contribution in [0.4, 0.5) is 5.69 Å². The van der Waals surface area contributed by atoms with Gasteiger partial charge in [-0.15, -0.1) is 11.3 Å². The summed E-state index contributed by atoms with van der Waals surface area (Å²) in [7, 11) is 0. The van der Waals surface area contributed by atoms with Crippen LogP contribution in [0.3, 0.4) is 0 Å². The van der Waals surface area contributed by atoms with E-state index in [0.29, 0.717) is 69.3 Å². The molecule has 1 aliphatic rings. The van der Waals surface area contributed by atoms with E-state index < -0.39 is 10.7 Å². The van der Waals surface area contributed by atoms with E-state index in [2.05, 4.69) is 15.0 Å². The van der Waals surface area contributed by atoms with Gasteiger partial charge in [-0.3, -0.25) is 24.4 Å². The number of nitrogens with zero attached hydrogens (tertiary/aromatic N) is 6. The normalized spacial score (nSPS) is 14.6. The van der Waals surface area contributed by atoms with Crippen LogP contribution in [0.2, 0.25) is 0 Å². The number of thiophene rings is 1. The van der Waals surface area contributed by atoms with Gasteiger partial charge in [0.15, 0.2) is 5.58 Å². The van der Waals surface area contributed by atoms with Crippen molar-refractivity contribution < 1.29 is 18.7 Å². The van der Waals surface area contributed by atoms with Gasteiger partial charge in [0.1, 0.15) is 0 Å². The van der Waals surface area contributed by atoms with Crippen LogP contribution in [0.1, 0.15) is 18.7 Å². The van der Waals surface area contributed by atoms with E-state index in [0.717, 1.165) is 4.88 Å². The van der Waals surface area contributed by atoms with Gasteiger partial charge in [0.25, 0.3) is 5.69 Å². The Labute approximate surface area is 202 Å². The molecule has 0 unspecified atom stereocenters. The number of aromatic nitrogens is 3. The van der Waals surface area contributed by atoms with Crippen LogP contribution in [-0.4, -0.2) is 61.5 Å². The van der Waals surface area contributed by atoms with Crippen molar-refractivity contribution in [2.24, 2.45) is 0 Å². The molecule has 0 aliphatic carbocycles. The summed E-state index contributed by atoms with van der Waals surface area (Å²) in [5, 5.41) is 16.9. The minimum atomic E-state index is -0.593. The Balaban J connectivity index is 1.10. The number of piperazine rings is 1. The van der Waals surface area contributed by atoms with Crippen LogP contribution in [0.15, 0.2) is 49.4 Å². The maximum absolute atomic E-state index is 12.7. The van der Waals surface area contributed by atoms with E-state index >= 15 is 0 Å². The number of carbonyl (C=O) groups excluding carboxylic acids is 1. The van der Waals surface area contributed by atoms with Gasteiger partial charge in [0.05, 0.1) is 27.9 Å². The Hall–Kier alpha value is -3.84. The molecule has 0 atom stereocenters. The number of nitro groups is 1. The minimum absolute atomic E-state index is 0.0268. The standard InChI is InChI=1S/C22H22N6O6S/c29-20(4-1-7-27-16-6-5-15(28(31)32)13-17(16)33-22(27)30)26-10-8-25(9-11-26)14-19-23-21(24-34-19)18-3-2-12-35-18/h2-3,5-6,12-13H,1,4,7-11,14H2. The first-order valence-corrected chi connectivity index (χ1v) is 12.0. The first kappa shape index (κ1) is 22.9. The van der Waals surface area contributed by atoms with Crippen molar-refractivity contribution in [2.45, 2.75) is 25.9 Å². The van der Waals surface area contributed by atoms with Gasteiger partial charge < -0.3 is 13.8 Å². The summed E-state index contributed by atoms with van der Waals surface area (Å²) in [5.74, 6) is 0.576. The van der Waals surface area contributed by atoms with Crippen LogP contribution in [0.25, 0.3) is 21.8 Å². The Kier molecular flexibility index (Phi) is 6.42. The molecule has 13 heteroatoms. The molecule has 0 saturated carbocycles. The fraction of sp³-hybridized carbons (Fsp3) is 0.364. The highest BCUT2D eigenvalue weighted by molar-refractivity contribution is 7.13. The first-order valence-electron chi connectivity index (χ1n) is 11.1. The third kappa shape index (κ3) is 5.00. The molecule has 35 heavy (non-hydrogen) atoms. The number of hydrogen-bond donors (Lipinski definition) is 0. The topological polar surface area (TPSA) is 141 Å². The number of aryl methyl sites for hydroxylation is 1. The highest BCUT2D eigenvalue weighted by atomic mass is 32.1. The molecule has 5 rings (SSSR count). The monoisotopic (exact) mass is 498 g/mol. The van der Waals surface area contributed by atoms with Crippen LogP contribution in [0, 0.1) is 10.1 Å². The molecule has 1 fully saturated rings. The lowest BCUT2D eigenvalue weighted by Gasteiger charge is -2.34. The van der Waals surface area contributed by atoms with E-state index in [1.54, 1.807) is 11.3 Å². The molecular formula is C22H22N6O6S. The maximum Gasteiger partial charge on any atom is 0.419 e. The second-order valence-corrected chi connectivity index (χ2v) is 9.13. The van der Waals surface area contributed by atoms with Gasteiger partial charge >= 0.3 is 5.76 Å². The number of fused-ring (bicyclic) bond motifs is 1. The lowest BCUT2D eigenvalue weighted by atomic mass is 10.2. The van der Waals surface area contributed by atoms with Gasteiger partial charge in [0, 0.05) is 45.2 Å². The second kappa shape index (κ2) is 9.80. The average Bonchev–Trinajstić information content (AvgIpc) is 3.60. The molecule has 0 N–H and O–H groups in total. The number of amides is 1. The average molecular weight is 499 g/mol. The van der Waals surface area contributed by atoms with Crippen molar-refractivity contribution in [2.75, 3.05) is 26.2 Å². The zero-order valence-electron chi connectivity index (χ0n) is 18.7. The molecule has 1 aromatic carbocycles. The lowest BCUT2D eigenvalue weighted by molar-refractivity contribution is -0.384. The highest BCUT2D eigenvalue weighted by Gasteiger charge is 2.23. The largest absolute Gasteiger partial charge is 0.419 e. The highest BCUT2D eigenvalue weighted by Crippen LogP contribution is 2.22. The number of carbonyl (C=O) groups is 1. The smallest absolute Gasteiger partial charge is 0.407 e. The maximum atomic E-state index is 12.7. The summed E-state index contributed by atoms with van der Waals surface area (Å²) >= 11 is 1.56. The summed E-state index contributed by atoms with van der Waals surface area (Å²) in [5.41, 5.74) is 0.495. The summed E-state index contributed by atoms with van der Waals surface area (Å²) in [6.45, 7) is 3.43. The van der Waals surface area contributed by atoms with Crippen molar-refractivity contribution >= 4 is 34.0 Å². The van der Waals surface area contributed by atoms with Crippen LogP contribution < -0.4 is 5.76 Å². The van der Waals surface area contributed by atoms with Crippen molar-refractivity contribution in [1.82, 2.24) is 24.5 Å². The molecule has 182 valence electrons. The van der Waals surface area contributed by atoms with E-state index in [-0.39, 0.29) is 17.2 Å². The Morgan fingerprint density at radius 1 is 1.20 bits per heavy atom. The summed E-state index contributed by atoms with van der Waals surface area (Å²) in [6, 6.07) is 7.94. The third-order valence-corrected chi connectivity index (χ3v) is 6.79. The summed E-state index contributed by atoms with van der Waals surface area (Å²) < 4.78 is 11.9. The van der Waals surface area contributed by atoms with Gasteiger partial charge in [-0.25, -0.2) is 4.79 Å². The summed E-state index contributed by atoms with van der Waals surface area (Å²) in [6.07, 6.45) is 0.748. The Morgan fingerprint density at radius 2 is 2.03 bits per heavy atom. The molecule has 12 nitrogen and oxygen atoms in total. The predicted octanol–water partition coefficient (Wildman–Crippen LogP) is 2.74. The second-order valence-electron chi connectivity index (χ2n) is 8.18. The molecule has 1 saturated heterocycles. The number of oxazole rings is 1. The fourth-order valence-corrected chi connectivity index (χ4v) is 4.75. The lowest BCUT2D eigenvalue weighted by Crippen LogP contribution is -2.48. The first-order chi connectivity index (χ1) is 17.0. The molecular weight excluding hydrogens is 476 g/mol. The zero-order chi connectivity index (χ0) is 24.4. The number of benzene rings is 1. The van der Waals surface area contributed by atoms with Crippen LogP contribution in [-0.2, 0) is 17.9 Å². The molecule has 0 bridgehead atoms. The minimum Gasteiger partial charge on any atom is -0.407 e. The van der Waals surface area contributed by atoms with Gasteiger partial charge in [0.2, 0.25) is 17.6 Å². The van der Waals surface area contributed by atoms with Gasteiger partial charge in [-0.2, -0.15) is 4.98 Å². The molecule has 0 radical (unpaired) electrons. The molecule has 3 aromatic heterocycles. The van der Waals surface area contributed by atoms with Crippen molar-refractivity contribution in [3.8, 4) is 10.7 Å². The number of nitro benzene ring substituents is 1. The SMILES string of the molecule is O=C(CCCn1c(=O)oc2cc([N+](=O)[O-])ccc21)N1CCN(Cc2nc(-c3cccs3)no2)CC1. The molecule has 4 heterocycles. The molecule has 1 amide bonds. The fourth-order valence-electron chi connectivity index (χ4n) is 4.10. The number of non-ortho nitro benzene ring substituents is 1. The van der Waals surface area contributed by atoms with Crippen molar-refractivity contribution in [3.63, 3.8) is 0 Å². The molecule has 0 spiro atoms. The predicted molar refractivity (Wildman–Crippen MR) is 126 cm³/mol. The molecule has 1 aliphatic heterocycles. The van der Waals surface area contributed by atoms with Gasteiger partial charge in [-0.1, -0.05) is 11.2 Å². The Morgan fingerprint density at radius 3 is 2.77 bits per heavy atom. The van der Waals surface area contributed by atoms with Crippen LogP contribution in [0.5, 0.6) is 0 Å². The van der Waals surface area contributed by atoms with E-state index in [9.17, 15) is 19.7 Å². The van der Waals surface area contributed by atoms with Gasteiger partial charge in [-0.05, 0) is 23.9 Å². The number of rotatable bonds is 8.